The molecule has 190 valence electrons. The highest BCUT2D eigenvalue weighted by Crippen LogP contribution is 2.27. The molecule has 0 radical (unpaired) electrons. The number of likely N-dealkylation sites (tertiary alicyclic amines) is 1. The third kappa shape index (κ3) is 5.77. The van der Waals surface area contributed by atoms with Gasteiger partial charge in [-0.05, 0) is 75.3 Å². The summed E-state index contributed by atoms with van der Waals surface area (Å²) >= 11 is 0. The van der Waals surface area contributed by atoms with Crippen molar-refractivity contribution in [2.45, 2.75) is 64.1 Å². The molecule has 1 atom stereocenters. The van der Waals surface area contributed by atoms with Gasteiger partial charge in [0.2, 0.25) is 0 Å². The standard InChI is InChI=1S/C28H36N6O2/c1-19-3-4-21(28(36)32-23-5-6-23)13-27(19)22-15-30-34(18-22)26-14-25(16-29-17-26)31-24-7-10-33(11-8-24)20(2)9-12-35/h3-4,13-18,20,23-24,31,35H,5-12H2,1-2H3,(H,32,36). The van der Waals surface area contributed by atoms with Crippen LogP contribution < -0.4 is 10.6 Å². The lowest BCUT2D eigenvalue weighted by molar-refractivity contribution is 0.0951. The zero-order valence-corrected chi connectivity index (χ0v) is 21.2. The van der Waals surface area contributed by atoms with E-state index in [2.05, 4.69) is 45.5 Å². The van der Waals surface area contributed by atoms with E-state index in [9.17, 15) is 9.90 Å². The van der Waals surface area contributed by atoms with Crippen molar-refractivity contribution in [2.75, 3.05) is 25.0 Å². The Morgan fingerprint density at radius 1 is 1.11 bits per heavy atom. The molecule has 3 heterocycles. The molecule has 1 aliphatic carbocycles. The average molecular weight is 489 g/mol. The first-order chi connectivity index (χ1) is 17.5. The molecule has 2 fully saturated rings. The maximum atomic E-state index is 12.5. The minimum absolute atomic E-state index is 0.0113. The second-order valence-corrected chi connectivity index (χ2v) is 10.2. The number of aliphatic hydroxyl groups excluding tert-OH is 1. The number of benzene rings is 1. The summed E-state index contributed by atoms with van der Waals surface area (Å²) in [5.41, 5.74) is 5.64. The van der Waals surface area contributed by atoms with Crippen LogP contribution in [0.25, 0.3) is 16.8 Å². The highest BCUT2D eigenvalue weighted by atomic mass is 16.3. The minimum Gasteiger partial charge on any atom is -0.396 e. The molecule has 1 saturated heterocycles. The molecule has 0 bridgehead atoms. The van der Waals surface area contributed by atoms with Crippen LogP contribution in [-0.2, 0) is 0 Å². The Morgan fingerprint density at radius 3 is 2.67 bits per heavy atom. The highest BCUT2D eigenvalue weighted by molar-refractivity contribution is 5.96. The molecule has 8 heteroatoms. The van der Waals surface area contributed by atoms with Crippen LogP contribution in [0, 0.1) is 6.92 Å². The van der Waals surface area contributed by atoms with Gasteiger partial charge in [0.25, 0.3) is 5.91 Å². The number of anilines is 1. The zero-order chi connectivity index (χ0) is 25.1. The normalized spacial score (nSPS) is 17.6. The number of rotatable bonds is 9. The number of carbonyl (C=O) groups excluding carboxylic acids is 1. The molecule has 1 unspecified atom stereocenters. The maximum Gasteiger partial charge on any atom is 0.251 e. The van der Waals surface area contributed by atoms with Gasteiger partial charge in [0.15, 0.2) is 0 Å². The van der Waals surface area contributed by atoms with Gasteiger partial charge >= 0.3 is 0 Å². The first kappa shape index (κ1) is 24.5. The molecule has 2 aromatic heterocycles. The van der Waals surface area contributed by atoms with Crippen molar-refractivity contribution >= 4 is 11.6 Å². The quantitative estimate of drug-likeness (QED) is 0.424. The third-order valence-corrected chi connectivity index (χ3v) is 7.36. The molecule has 8 nitrogen and oxygen atoms in total. The first-order valence-electron chi connectivity index (χ1n) is 13.0. The van der Waals surface area contributed by atoms with Crippen LogP contribution >= 0.6 is 0 Å². The van der Waals surface area contributed by atoms with Crippen molar-refractivity contribution in [3.63, 3.8) is 0 Å². The second-order valence-electron chi connectivity index (χ2n) is 10.2. The molecular formula is C28H36N6O2. The van der Waals surface area contributed by atoms with Crippen molar-refractivity contribution in [3.8, 4) is 16.8 Å². The fourth-order valence-electron chi connectivity index (χ4n) is 4.90. The molecule has 0 spiro atoms. The third-order valence-electron chi connectivity index (χ3n) is 7.36. The molecule has 3 aromatic rings. The van der Waals surface area contributed by atoms with Crippen LogP contribution in [0.15, 0.2) is 49.1 Å². The van der Waals surface area contributed by atoms with Gasteiger partial charge in [-0.25, -0.2) is 4.68 Å². The Balaban J connectivity index is 1.26. The Bertz CT molecular complexity index is 1200. The van der Waals surface area contributed by atoms with Gasteiger partial charge in [0.1, 0.15) is 0 Å². The van der Waals surface area contributed by atoms with Gasteiger partial charge in [0, 0.05) is 55.1 Å². The molecule has 2 aliphatic rings. The lowest BCUT2D eigenvalue weighted by Gasteiger charge is -2.36. The van der Waals surface area contributed by atoms with E-state index in [1.165, 1.54) is 0 Å². The summed E-state index contributed by atoms with van der Waals surface area (Å²) in [5, 5.41) is 20.5. The van der Waals surface area contributed by atoms with Crippen LogP contribution in [0.5, 0.6) is 0 Å². The Labute approximate surface area is 212 Å². The number of aryl methyl sites for hydroxylation is 1. The fourth-order valence-corrected chi connectivity index (χ4v) is 4.90. The molecule has 1 aliphatic heterocycles. The smallest absolute Gasteiger partial charge is 0.251 e. The van der Waals surface area contributed by atoms with E-state index in [0.717, 1.165) is 73.3 Å². The largest absolute Gasteiger partial charge is 0.396 e. The number of nitrogens with one attached hydrogen (secondary N) is 2. The number of aromatic nitrogens is 3. The molecular weight excluding hydrogens is 452 g/mol. The van der Waals surface area contributed by atoms with E-state index < -0.39 is 0 Å². The van der Waals surface area contributed by atoms with E-state index >= 15 is 0 Å². The lowest BCUT2D eigenvalue weighted by Crippen LogP contribution is -2.43. The van der Waals surface area contributed by atoms with E-state index in [1.54, 1.807) is 0 Å². The summed E-state index contributed by atoms with van der Waals surface area (Å²) in [7, 11) is 0. The Morgan fingerprint density at radius 2 is 1.92 bits per heavy atom. The Hall–Kier alpha value is -3.23. The summed E-state index contributed by atoms with van der Waals surface area (Å²) in [4.78, 5) is 19.4. The van der Waals surface area contributed by atoms with Gasteiger partial charge in [-0.15, -0.1) is 0 Å². The van der Waals surface area contributed by atoms with Crippen LogP contribution in [-0.4, -0.2) is 68.5 Å². The first-order valence-corrected chi connectivity index (χ1v) is 13.0. The van der Waals surface area contributed by atoms with Crippen molar-refractivity contribution in [2.24, 2.45) is 0 Å². The predicted molar refractivity (Wildman–Crippen MR) is 141 cm³/mol. The topological polar surface area (TPSA) is 95.3 Å². The number of pyridine rings is 1. The van der Waals surface area contributed by atoms with Crippen molar-refractivity contribution in [1.82, 2.24) is 25.0 Å². The van der Waals surface area contributed by atoms with Gasteiger partial charge in [-0.1, -0.05) is 6.07 Å². The van der Waals surface area contributed by atoms with E-state index in [4.69, 9.17) is 0 Å². The minimum atomic E-state index is -0.0113. The number of amides is 1. The number of carbonyl (C=O) groups is 1. The van der Waals surface area contributed by atoms with Crippen LogP contribution in [0.4, 0.5) is 5.69 Å². The number of piperidine rings is 1. The average Bonchev–Trinajstić information content (AvgIpc) is 3.56. The van der Waals surface area contributed by atoms with Crippen molar-refractivity contribution < 1.29 is 9.90 Å². The number of nitrogens with zero attached hydrogens (tertiary/aromatic N) is 4. The van der Waals surface area contributed by atoms with Crippen molar-refractivity contribution in [3.05, 3.63) is 60.2 Å². The van der Waals surface area contributed by atoms with Crippen LogP contribution in [0.2, 0.25) is 0 Å². The van der Waals surface area contributed by atoms with E-state index in [1.807, 2.05) is 47.7 Å². The molecule has 5 rings (SSSR count). The summed E-state index contributed by atoms with van der Waals surface area (Å²) in [6, 6.07) is 9.08. The molecule has 1 amide bonds. The number of hydrogen-bond donors (Lipinski definition) is 3. The molecule has 1 saturated carbocycles. The van der Waals surface area contributed by atoms with E-state index in [0.29, 0.717) is 23.7 Å². The highest BCUT2D eigenvalue weighted by Gasteiger charge is 2.24. The van der Waals surface area contributed by atoms with Crippen molar-refractivity contribution in [1.29, 1.82) is 0 Å². The van der Waals surface area contributed by atoms with Crippen LogP contribution in [0.3, 0.4) is 0 Å². The summed E-state index contributed by atoms with van der Waals surface area (Å²) in [6.45, 7) is 6.55. The SMILES string of the molecule is Cc1ccc(C(=O)NC2CC2)cc1-c1cnn(-c2cncc(NC3CCN(C(C)CCO)CC3)c2)c1. The maximum absolute atomic E-state index is 12.5. The monoisotopic (exact) mass is 488 g/mol. The number of aliphatic hydroxyl groups is 1. The summed E-state index contributed by atoms with van der Waals surface area (Å²) < 4.78 is 1.84. The Kier molecular flexibility index (Phi) is 7.34. The number of hydrogen-bond acceptors (Lipinski definition) is 6. The fraction of sp³-hybridized carbons (Fsp3) is 0.464. The lowest BCUT2D eigenvalue weighted by atomic mass is 10.0. The molecule has 3 N–H and O–H groups in total. The van der Waals surface area contributed by atoms with Crippen LogP contribution in [0.1, 0.15) is 54.9 Å². The molecule has 36 heavy (non-hydrogen) atoms. The summed E-state index contributed by atoms with van der Waals surface area (Å²) in [6.07, 6.45) is 12.6. The van der Waals surface area contributed by atoms with Gasteiger partial charge in [0.05, 0.1) is 30.0 Å². The van der Waals surface area contributed by atoms with Gasteiger partial charge in [-0.2, -0.15) is 5.10 Å². The predicted octanol–water partition coefficient (Wildman–Crippen LogP) is 3.78. The zero-order valence-electron chi connectivity index (χ0n) is 21.2. The van der Waals surface area contributed by atoms with E-state index in [-0.39, 0.29) is 12.5 Å². The van der Waals surface area contributed by atoms with Gasteiger partial charge < -0.3 is 20.6 Å². The summed E-state index contributed by atoms with van der Waals surface area (Å²) in [5.74, 6) is -0.0113. The second kappa shape index (κ2) is 10.8. The molecule has 1 aromatic carbocycles. The van der Waals surface area contributed by atoms with Gasteiger partial charge in [-0.3, -0.25) is 9.78 Å².